The molecule has 5 heteroatoms. The highest BCUT2D eigenvalue weighted by molar-refractivity contribution is 4.85. The Kier molecular flexibility index (Phi) is 4.48. The molecule has 0 radical (unpaired) electrons. The van der Waals surface area contributed by atoms with Gasteiger partial charge in [0.15, 0.2) is 5.82 Å². The summed E-state index contributed by atoms with van der Waals surface area (Å²) in [5, 5.41) is 15.6. The predicted molar refractivity (Wildman–Crippen MR) is 66.5 cm³/mol. The van der Waals surface area contributed by atoms with Gasteiger partial charge in [-0.05, 0) is 24.6 Å². The normalized spacial score (nSPS) is 19.4. The smallest absolute Gasteiger partial charge is 0.176 e. The van der Waals surface area contributed by atoms with E-state index in [1.807, 2.05) is 14.1 Å². The summed E-state index contributed by atoms with van der Waals surface area (Å²) in [7, 11) is 3.84. The molecule has 1 aliphatic carbocycles. The minimum absolute atomic E-state index is 0.488. The number of rotatable bonds is 5. The molecule has 1 unspecified atom stereocenters. The lowest BCUT2D eigenvalue weighted by atomic mass is 9.84. The van der Waals surface area contributed by atoms with Crippen molar-refractivity contribution in [2.45, 2.75) is 51.0 Å². The second-order valence-electron chi connectivity index (χ2n) is 5.12. The van der Waals surface area contributed by atoms with Crippen LogP contribution in [0.1, 0.15) is 44.3 Å². The van der Waals surface area contributed by atoms with Gasteiger partial charge in [-0.2, -0.15) is 4.80 Å². The predicted octanol–water partition coefficient (Wildman–Crippen LogP) is 1.31. The van der Waals surface area contributed by atoms with E-state index < -0.39 is 0 Å². The van der Waals surface area contributed by atoms with Crippen LogP contribution < -0.4 is 5.32 Å². The summed E-state index contributed by atoms with van der Waals surface area (Å²) in [6.45, 7) is 0. The fourth-order valence-electron chi connectivity index (χ4n) is 2.75. The molecule has 1 N–H and O–H groups in total. The molecular weight excluding hydrogens is 214 g/mol. The first-order valence-electron chi connectivity index (χ1n) is 6.68. The fraction of sp³-hybridized carbons (Fsp3) is 0.917. The Hall–Kier alpha value is -0.970. The molecular formula is C12H23N5. The molecule has 1 saturated carbocycles. The van der Waals surface area contributed by atoms with Crippen molar-refractivity contribution in [3.63, 3.8) is 0 Å². The van der Waals surface area contributed by atoms with Gasteiger partial charge in [-0.15, -0.1) is 10.2 Å². The van der Waals surface area contributed by atoms with Crippen molar-refractivity contribution in [2.75, 3.05) is 7.05 Å². The molecule has 96 valence electrons. The molecule has 1 aromatic rings. The Morgan fingerprint density at radius 1 is 1.35 bits per heavy atom. The van der Waals surface area contributed by atoms with Crippen molar-refractivity contribution in [3.8, 4) is 0 Å². The number of nitrogens with zero attached hydrogens (tertiary/aromatic N) is 4. The van der Waals surface area contributed by atoms with E-state index in [2.05, 4.69) is 20.7 Å². The van der Waals surface area contributed by atoms with Crippen molar-refractivity contribution in [3.05, 3.63) is 5.82 Å². The quantitative estimate of drug-likeness (QED) is 0.839. The molecule has 0 aliphatic heterocycles. The van der Waals surface area contributed by atoms with Crippen molar-refractivity contribution in [1.29, 1.82) is 0 Å². The third-order valence-corrected chi connectivity index (χ3v) is 3.73. The number of likely N-dealkylation sites (N-methyl/N-ethyl adjacent to an activating group) is 1. The van der Waals surface area contributed by atoms with Crippen LogP contribution >= 0.6 is 0 Å². The van der Waals surface area contributed by atoms with Gasteiger partial charge in [-0.25, -0.2) is 0 Å². The second kappa shape index (κ2) is 6.10. The van der Waals surface area contributed by atoms with E-state index in [9.17, 15) is 0 Å². The number of tetrazole rings is 1. The van der Waals surface area contributed by atoms with Gasteiger partial charge in [0.25, 0.3) is 0 Å². The summed E-state index contributed by atoms with van der Waals surface area (Å²) in [5.74, 6) is 1.74. The second-order valence-corrected chi connectivity index (χ2v) is 5.12. The maximum absolute atomic E-state index is 4.25. The molecule has 0 bridgehead atoms. The number of aryl methyl sites for hydroxylation is 1. The Balaban J connectivity index is 1.83. The molecule has 0 amide bonds. The monoisotopic (exact) mass is 237 g/mol. The summed E-state index contributed by atoms with van der Waals surface area (Å²) in [4.78, 5) is 1.53. The first-order valence-corrected chi connectivity index (χ1v) is 6.68. The SMILES string of the molecule is CNC(Cc1nnn(C)n1)CC1CCCCC1. The van der Waals surface area contributed by atoms with Crippen LogP contribution in [0.15, 0.2) is 0 Å². The van der Waals surface area contributed by atoms with E-state index in [1.54, 1.807) is 0 Å². The highest BCUT2D eigenvalue weighted by Gasteiger charge is 2.19. The zero-order chi connectivity index (χ0) is 12.1. The largest absolute Gasteiger partial charge is 0.317 e. The maximum atomic E-state index is 4.25. The number of aromatic nitrogens is 4. The molecule has 1 fully saturated rings. The third kappa shape index (κ3) is 3.77. The third-order valence-electron chi connectivity index (χ3n) is 3.73. The van der Waals surface area contributed by atoms with Crippen LogP contribution in [0.5, 0.6) is 0 Å². The number of nitrogens with one attached hydrogen (secondary N) is 1. The van der Waals surface area contributed by atoms with Crippen LogP contribution in [0.25, 0.3) is 0 Å². The molecule has 2 rings (SSSR count). The van der Waals surface area contributed by atoms with Crippen LogP contribution in [0.3, 0.4) is 0 Å². The molecule has 1 aromatic heterocycles. The minimum atomic E-state index is 0.488. The standard InChI is InChI=1S/C12H23N5/c1-13-11(8-10-6-4-3-5-7-10)9-12-14-16-17(2)15-12/h10-11,13H,3-9H2,1-2H3. The first-order chi connectivity index (χ1) is 8.28. The molecule has 0 spiro atoms. The zero-order valence-electron chi connectivity index (χ0n) is 10.9. The van der Waals surface area contributed by atoms with Crippen molar-refractivity contribution >= 4 is 0 Å². The highest BCUT2D eigenvalue weighted by Crippen LogP contribution is 2.27. The van der Waals surface area contributed by atoms with E-state index in [0.717, 1.165) is 18.2 Å². The van der Waals surface area contributed by atoms with Crippen molar-refractivity contribution in [1.82, 2.24) is 25.5 Å². The topological polar surface area (TPSA) is 55.6 Å². The van der Waals surface area contributed by atoms with Gasteiger partial charge in [0.05, 0.1) is 7.05 Å². The van der Waals surface area contributed by atoms with Gasteiger partial charge in [-0.3, -0.25) is 0 Å². The van der Waals surface area contributed by atoms with Gasteiger partial charge < -0.3 is 5.32 Å². The highest BCUT2D eigenvalue weighted by atomic mass is 15.6. The van der Waals surface area contributed by atoms with E-state index in [0.29, 0.717) is 6.04 Å². The van der Waals surface area contributed by atoms with Crippen LogP contribution in [0.4, 0.5) is 0 Å². The number of hydrogen-bond donors (Lipinski definition) is 1. The van der Waals surface area contributed by atoms with Crippen molar-refractivity contribution in [2.24, 2.45) is 13.0 Å². The van der Waals surface area contributed by atoms with E-state index in [4.69, 9.17) is 0 Å². The average molecular weight is 237 g/mol. The van der Waals surface area contributed by atoms with Crippen LogP contribution in [-0.2, 0) is 13.5 Å². The summed E-state index contributed by atoms with van der Waals surface area (Å²) in [6, 6.07) is 0.488. The molecule has 1 atom stereocenters. The molecule has 0 aromatic carbocycles. The zero-order valence-corrected chi connectivity index (χ0v) is 10.9. The summed E-state index contributed by atoms with van der Waals surface area (Å²) in [6.07, 6.45) is 9.16. The van der Waals surface area contributed by atoms with E-state index in [1.165, 1.54) is 43.3 Å². The Morgan fingerprint density at radius 3 is 2.71 bits per heavy atom. The summed E-state index contributed by atoms with van der Waals surface area (Å²) >= 11 is 0. The van der Waals surface area contributed by atoms with Gasteiger partial charge in [-0.1, -0.05) is 32.1 Å². The van der Waals surface area contributed by atoms with E-state index in [-0.39, 0.29) is 0 Å². The lowest BCUT2D eigenvalue weighted by molar-refractivity contribution is 0.301. The Morgan fingerprint density at radius 2 is 2.12 bits per heavy atom. The maximum Gasteiger partial charge on any atom is 0.176 e. The average Bonchev–Trinajstić information content (AvgIpc) is 2.75. The lowest BCUT2D eigenvalue weighted by Crippen LogP contribution is -2.31. The van der Waals surface area contributed by atoms with Gasteiger partial charge in [0.2, 0.25) is 0 Å². The molecule has 1 heterocycles. The van der Waals surface area contributed by atoms with Gasteiger partial charge in [0, 0.05) is 12.5 Å². The lowest BCUT2D eigenvalue weighted by Gasteiger charge is -2.25. The fourth-order valence-corrected chi connectivity index (χ4v) is 2.75. The van der Waals surface area contributed by atoms with Gasteiger partial charge in [0.1, 0.15) is 0 Å². The minimum Gasteiger partial charge on any atom is -0.317 e. The number of hydrogen-bond acceptors (Lipinski definition) is 4. The summed E-state index contributed by atoms with van der Waals surface area (Å²) in [5.41, 5.74) is 0. The first kappa shape index (κ1) is 12.5. The Labute approximate surface area is 103 Å². The van der Waals surface area contributed by atoms with Crippen LogP contribution in [-0.4, -0.2) is 33.3 Å². The van der Waals surface area contributed by atoms with Gasteiger partial charge >= 0.3 is 0 Å². The molecule has 0 saturated heterocycles. The summed E-state index contributed by atoms with van der Waals surface area (Å²) < 4.78 is 0. The molecule has 5 nitrogen and oxygen atoms in total. The molecule has 17 heavy (non-hydrogen) atoms. The Bertz CT molecular complexity index is 329. The van der Waals surface area contributed by atoms with Crippen molar-refractivity contribution < 1.29 is 0 Å². The van der Waals surface area contributed by atoms with E-state index >= 15 is 0 Å². The van der Waals surface area contributed by atoms with Crippen LogP contribution in [0, 0.1) is 5.92 Å². The molecule has 1 aliphatic rings. The van der Waals surface area contributed by atoms with Crippen LogP contribution in [0.2, 0.25) is 0 Å².